The maximum Gasteiger partial charge on any atom is 0.213 e. The number of benzene rings is 3. The number of aryl methyl sites for hydroxylation is 2. The molecule has 0 aliphatic heterocycles. The van der Waals surface area contributed by atoms with Crippen LogP contribution in [0.2, 0.25) is 0 Å². The molecule has 3 aromatic carbocycles. The van der Waals surface area contributed by atoms with Crippen molar-refractivity contribution in [2.24, 2.45) is 7.05 Å². The average Bonchev–Trinajstić information content (AvgIpc) is 3.06. The average molecular weight is 368 g/mol. The second-order valence-corrected chi connectivity index (χ2v) is 7.12. The molecule has 3 heteroatoms. The summed E-state index contributed by atoms with van der Waals surface area (Å²) in [6, 6.07) is 23.1. The van der Waals surface area contributed by atoms with Crippen LogP contribution in [0.15, 0.2) is 83.4 Å². The number of aromatic nitrogens is 1. The lowest BCUT2D eigenvalue weighted by Gasteiger charge is -2.07. The Bertz CT molecular complexity index is 1340. The lowest BCUT2D eigenvalue weighted by molar-refractivity contribution is -0.660. The van der Waals surface area contributed by atoms with Gasteiger partial charge in [-0.3, -0.25) is 0 Å². The van der Waals surface area contributed by atoms with Crippen LogP contribution in [-0.4, -0.2) is 0 Å². The monoisotopic (exact) mass is 368 g/mol. The molecular formula is C25H19FNO+. The zero-order chi connectivity index (χ0) is 19.3. The van der Waals surface area contributed by atoms with Crippen molar-refractivity contribution in [3.05, 3.63) is 90.4 Å². The van der Waals surface area contributed by atoms with Crippen LogP contribution in [0.3, 0.4) is 0 Å². The quantitative estimate of drug-likeness (QED) is 0.339. The summed E-state index contributed by atoms with van der Waals surface area (Å²) >= 11 is 0. The lowest BCUT2D eigenvalue weighted by Crippen LogP contribution is -2.30. The van der Waals surface area contributed by atoms with Gasteiger partial charge in [-0.1, -0.05) is 36.4 Å². The van der Waals surface area contributed by atoms with E-state index < -0.39 is 0 Å². The lowest BCUT2D eigenvalue weighted by atomic mass is 9.96. The molecule has 0 aliphatic rings. The first kappa shape index (κ1) is 16.7. The van der Waals surface area contributed by atoms with Crippen molar-refractivity contribution >= 4 is 21.9 Å². The Kier molecular flexibility index (Phi) is 3.76. The van der Waals surface area contributed by atoms with Crippen LogP contribution in [0, 0.1) is 12.7 Å². The minimum absolute atomic E-state index is 0.244. The Morgan fingerprint density at radius 2 is 1.64 bits per heavy atom. The Labute approximate surface area is 162 Å². The van der Waals surface area contributed by atoms with E-state index in [1.54, 1.807) is 6.07 Å². The summed E-state index contributed by atoms with van der Waals surface area (Å²) in [5.74, 6) is -0.244. The van der Waals surface area contributed by atoms with E-state index in [1.165, 1.54) is 0 Å². The molecule has 5 aromatic rings. The second-order valence-electron chi connectivity index (χ2n) is 7.12. The predicted molar refractivity (Wildman–Crippen MR) is 110 cm³/mol. The molecule has 2 aromatic heterocycles. The van der Waals surface area contributed by atoms with Gasteiger partial charge in [-0.25, -0.2) is 8.96 Å². The predicted octanol–water partition coefficient (Wildman–Crippen LogP) is 6.19. The van der Waals surface area contributed by atoms with Crippen molar-refractivity contribution in [3.63, 3.8) is 0 Å². The highest BCUT2D eigenvalue weighted by Crippen LogP contribution is 2.39. The largest absolute Gasteiger partial charge is 0.456 e. The SMILES string of the molecule is Cc1ccc2oc3cc(-c4ccccc4)c(F)cc3c2c1-c1cccc[n+]1C. The molecule has 0 spiro atoms. The van der Waals surface area contributed by atoms with Crippen LogP contribution in [0.1, 0.15) is 5.56 Å². The van der Waals surface area contributed by atoms with E-state index in [0.717, 1.165) is 38.7 Å². The molecule has 2 heterocycles. The van der Waals surface area contributed by atoms with E-state index in [0.29, 0.717) is 11.1 Å². The smallest absolute Gasteiger partial charge is 0.213 e. The van der Waals surface area contributed by atoms with Gasteiger partial charge in [0, 0.05) is 28.5 Å². The van der Waals surface area contributed by atoms with Gasteiger partial charge >= 0.3 is 0 Å². The third-order valence-corrected chi connectivity index (χ3v) is 5.33. The number of halogens is 1. The standard InChI is InChI=1S/C25H19FNO/c1-16-11-12-22-25(24(16)21-10-6-7-13-27(21)2)19-14-20(26)18(15-23(19)28-22)17-8-4-3-5-9-17/h3-15H,1-2H3/q+1. The van der Waals surface area contributed by atoms with Crippen molar-refractivity contribution in [2.45, 2.75) is 6.92 Å². The summed E-state index contributed by atoms with van der Waals surface area (Å²) < 4.78 is 23.3. The highest BCUT2D eigenvalue weighted by molar-refractivity contribution is 6.13. The molecule has 2 nitrogen and oxygen atoms in total. The minimum atomic E-state index is -0.244. The summed E-state index contributed by atoms with van der Waals surface area (Å²) in [4.78, 5) is 0. The molecule has 0 aliphatic carbocycles. The molecule has 0 saturated carbocycles. The van der Waals surface area contributed by atoms with E-state index in [9.17, 15) is 0 Å². The van der Waals surface area contributed by atoms with Crippen molar-refractivity contribution < 1.29 is 13.4 Å². The third kappa shape index (κ3) is 2.51. The van der Waals surface area contributed by atoms with Crippen molar-refractivity contribution in [1.82, 2.24) is 0 Å². The number of nitrogens with zero attached hydrogens (tertiary/aromatic N) is 1. The van der Waals surface area contributed by atoms with Gasteiger partial charge in [-0.15, -0.1) is 0 Å². The fourth-order valence-corrected chi connectivity index (χ4v) is 3.94. The van der Waals surface area contributed by atoms with Crippen LogP contribution in [0.5, 0.6) is 0 Å². The molecule has 0 amide bonds. The molecule has 0 fully saturated rings. The number of fused-ring (bicyclic) bond motifs is 3. The molecule has 0 N–H and O–H groups in total. The molecule has 0 atom stereocenters. The van der Waals surface area contributed by atoms with Gasteiger partial charge < -0.3 is 4.42 Å². The van der Waals surface area contributed by atoms with Crippen LogP contribution in [0.25, 0.3) is 44.3 Å². The number of rotatable bonds is 2. The van der Waals surface area contributed by atoms with E-state index in [4.69, 9.17) is 4.42 Å². The van der Waals surface area contributed by atoms with E-state index in [2.05, 4.69) is 23.6 Å². The Balaban J connectivity index is 1.86. The summed E-state index contributed by atoms with van der Waals surface area (Å²) in [6.07, 6.45) is 2.02. The summed E-state index contributed by atoms with van der Waals surface area (Å²) in [5, 5.41) is 1.75. The van der Waals surface area contributed by atoms with Crippen LogP contribution < -0.4 is 4.57 Å². The molecule has 5 rings (SSSR count). The van der Waals surface area contributed by atoms with E-state index in [1.807, 2.05) is 67.8 Å². The number of hydrogen-bond acceptors (Lipinski definition) is 1. The molecule has 28 heavy (non-hydrogen) atoms. The summed E-state index contributed by atoms with van der Waals surface area (Å²) in [6.45, 7) is 2.08. The zero-order valence-corrected chi connectivity index (χ0v) is 15.7. The first-order chi connectivity index (χ1) is 13.6. The molecular weight excluding hydrogens is 349 g/mol. The highest BCUT2D eigenvalue weighted by Gasteiger charge is 2.21. The van der Waals surface area contributed by atoms with Gasteiger partial charge in [0.15, 0.2) is 6.20 Å². The molecule has 0 radical (unpaired) electrons. The Morgan fingerprint density at radius 1 is 0.857 bits per heavy atom. The molecule has 0 bridgehead atoms. The molecule has 136 valence electrons. The number of furan rings is 1. The Hall–Kier alpha value is -3.46. The second kappa shape index (κ2) is 6.31. The van der Waals surface area contributed by atoms with E-state index >= 15 is 4.39 Å². The fraction of sp³-hybridized carbons (Fsp3) is 0.0800. The highest BCUT2D eigenvalue weighted by atomic mass is 19.1. The van der Waals surface area contributed by atoms with Crippen molar-refractivity contribution in [3.8, 4) is 22.4 Å². The topological polar surface area (TPSA) is 17.0 Å². The van der Waals surface area contributed by atoms with Crippen molar-refractivity contribution in [2.75, 3.05) is 0 Å². The maximum atomic E-state index is 15.1. The first-order valence-corrected chi connectivity index (χ1v) is 9.29. The summed E-state index contributed by atoms with van der Waals surface area (Å²) in [5.41, 5.74) is 6.13. The normalized spacial score (nSPS) is 11.4. The van der Waals surface area contributed by atoms with E-state index in [-0.39, 0.29) is 5.82 Å². The van der Waals surface area contributed by atoms with Gasteiger partial charge in [0.05, 0.1) is 5.56 Å². The third-order valence-electron chi connectivity index (χ3n) is 5.33. The fourth-order valence-electron chi connectivity index (χ4n) is 3.94. The Morgan fingerprint density at radius 3 is 2.43 bits per heavy atom. The van der Waals surface area contributed by atoms with Crippen LogP contribution >= 0.6 is 0 Å². The van der Waals surface area contributed by atoms with Crippen molar-refractivity contribution in [1.29, 1.82) is 0 Å². The first-order valence-electron chi connectivity index (χ1n) is 9.29. The zero-order valence-electron chi connectivity index (χ0n) is 15.7. The minimum Gasteiger partial charge on any atom is -0.456 e. The van der Waals surface area contributed by atoms with Crippen LogP contribution in [0.4, 0.5) is 4.39 Å². The van der Waals surface area contributed by atoms with Gasteiger partial charge in [-0.05, 0) is 42.3 Å². The van der Waals surface area contributed by atoms with Gasteiger partial charge in [0.2, 0.25) is 5.69 Å². The number of hydrogen-bond donors (Lipinski definition) is 0. The van der Waals surface area contributed by atoms with Gasteiger partial charge in [0.1, 0.15) is 24.0 Å². The number of pyridine rings is 1. The molecule has 0 saturated heterocycles. The van der Waals surface area contributed by atoms with Gasteiger partial charge in [-0.2, -0.15) is 0 Å². The summed E-state index contributed by atoms with van der Waals surface area (Å²) in [7, 11) is 2.02. The van der Waals surface area contributed by atoms with Crippen LogP contribution in [-0.2, 0) is 7.05 Å². The molecule has 0 unspecified atom stereocenters. The maximum absolute atomic E-state index is 15.1. The van der Waals surface area contributed by atoms with Gasteiger partial charge in [0.25, 0.3) is 0 Å².